The highest BCUT2D eigenvalue weighted by molar-refractivity contribution is 5.85. The van der Waals surface area contributed by atoms with Crippen LogP contribution in [0.15, 0.2) is 48.7 Å². The van der Waals surface area contributed by atoms with Crippen LogP contribution < -0.4 is 5.32 Å². The Bertz CT molecular complexity index is 813. The lowest BCUT2D eigenvalue weighted by molar-refractivity contribution is 0.147. The van der Waals surface area contributed by atoms with E-state index in [-0.39, 0.29) is 0 Å². The number of benzene rings is 2. The van der Waals surface area contributed by atoms with Crippen LogP contribution in [-0.4, -0.2) is 28.2 Å². The van der Waals surface area contributed by atoms with Crippen LogP contribution in [0.5, 0.6) is 0 Å². The van der Waals surface area contributed by atoms with Gasteiger partial charge in [-0.3, -0.25) is 0 Å². The molecular weight excluding hydrogens is 286 g/mol. The molecule has 1 aliphatic rings. The Morgan fingerprint density at radius 1 is 1.09 bits per heavy atom. The average molecular weight is 307 g/mol. The zero-order valence-corrected chi connectivity index (χ0v) is 13.1. The Morgan fingerprint density at radius 3 is 2.74 bits per heavy atom. The molecule has 118 valence electrons. The minimum atomic E-state index is 0.488. The molecule has 4 heteroatoms. The van der Waals surface area contributed by atoms with Gasteiger partial charge in [-0.05, 0) is 48.2 Å². The van der Waals surface area contributed by atoms with E-state index < -0.39 is 0 Å². The minimum absolute atomic E-state index is 0.488. The molecule has 1 aliphatic heterocycles. The Hall–Kier alpha value is -2.33. The number of piperidine rings is 1. The van der Waals surface area contributed by atoms with E-state index in [1.54, 1.807) is 6.20 Å². The molecule has 0 atom stereocenters. The lowest BCUT2D eigenvalue weighted by atomic mass is 9.88. The largest absolute Gasteiger partial charge is 0.412 e. The van der Waals surface area contributed by atoms with Crippen LogP contribution in [0.2, 0.25) is 0 Å². The van der Waals surface area contributed by atoms with Crippen molar-refractivity contribution in [2.75, 3.05) is 13.1 Å². The van der Waals surface area contributed by atoms with Crippen molar-refractivity contribution in [2.45, 2.75) is 25.2 Å². The second-order valence-electron chi connectivity index (χ2n) is 6.29. The van der Waals surface area contributed by atoms with Gasteiger partial charge in [0.25, 0.3) is 0 Å². The summed E-state index contributed by atoms with van der Waals surface area (Å²) >= 11 is 0. The van der Waals surface area contributed by atoms with Crippen molar-refractivity contribution in [1.29, 1.82) is 0 Å². The molecule has 23 heavy (non-hydrogen) atoms. The summed E-state index contributed by atoms with van der Waals surface area (Å²) in [5.41, 5.74) is 3.45. The van der Waals surface area contributed by atoms with E-state index in [4.69, 9.17) is 0 Å². The van der Waals surface area contributed by atoms with Crippen molar-refractivity contribution < 1.29 is 5.21 Å². The standard InChI is InChI=1S/C19H21N3O/c23-22-13-18(15-8-10-20-11-9-15)19(21-22)12-16-6-3-5-14-4-1-2-7-17(14)16/h1-7,13,15,20,23H,8-12H2. The number of aromatic nitrogens is 2. The summed E-state index contributed by atoms with van der Waals surface area (Å²) in [5, 5.41) is 20.1. The molecule has 0 saturated carbocycles. The molecule has 0 bridgehead atoms. The van der Waals surface area contributed by atoms with Gasteiger partial charge in [-0.15, -0.1) is 9.94 Å². The monoisotopic (exact) mass is 307 g/mol. The van der Waals surface area contributed by atoms with Gasteiger partial charge in [0.1, 0.15) is 0 Å². The first-order chi connectivity index (χ1) is 11.3. The molecule has 2 heterocycles. The maximum atomic E-state index is 9.85. The highest BCUT2D eigenvalue weighted by Crippen LogP contribution is 2.30. The van der Waals surface area contributed by atoms with Gasteiger partial charge in [0.05, 0.1) is 11.9 Å². The van der Waals surface area contributed by atoms with E-state index in [2.05, 4.69) is 52.9 Å². The Labute approximate surface area is 135 Å². The summed E-state index contributed by atoms with van der Waals surface area (Å²) in [4.78, 5) is 0.984. The summed E-state index contributed by atoms with van der Waals surface area (Å²) < 4.78 is 0. The van der Waals surface area contributed by atoms with Crippen LogP contribution in [-0.2, 0) is 6.42 Å². The van der Waals surface area contributed by atoms with Crippen LogP contribution in [0.4, 0.5) is 0 Å². The molecule has 1 aromatic heterocycles. The van der Waals surface area contributed by atoms with E-state index in [1.807, 2.05) is 0 Å². The van der Waals surface area contributed by atoms with E-state index in [0.717, 1.165) is 42.9 Å². The predicted molar refractivity (Wildman–Crippen MR) is 91.0 cm³/mol. The molecule has 4 nitrogen and oxygen atoms in total. The van der Waals surface area contributed by atoms with Gasteiger partial charge in [-0.1, -0.05) is 42.5 Å². The summed E-state index contributed by atoms with van der Waals surface area (Å²) in [6.07, 6.45) is 4.76. The van der Waals surface area contributed by atoms with Crippen LogP contribution in [0.1, 0.15) is 35.6 Å². The number of hydrogen-bond acceptors (Lipinski definition) is 3. The minimum Gasteiger partial charge on any atom is -0.412 e. The molecule has 0 amide bonds. The first kappa shape index (κ1) is 14.3. The van der Waals surface area contributed by atoms with Crippen LogP contribution in [0.25, 0.3) is 10.8 Å². The third kappa shape index (κ3) is 2.82. The first-order valence-corrected chi connectivity index (χ1v) is 8.26. The molecule has 2 N–H and O–H groups in total. The average Bonchev–Trinajstić information content (AvgIpc) is 2.96. The smallest absolute Gasteiger partial charge is 0.0739 e. The van der Waals surface area contributed by atoms with Crippen molar-refractivity contribution in [3.05, 3.63) is 65.5 Å². The molecule has 1 fully saturated rings. The third-order valence-corrected chi connectivity index (χ3v) is 4.83. The number of fused-ring (bicyclic) bond motifs is 1. The Kier molecular flexibility index (Phi) is 3.75. The SMILES string of the molecule is On1cc(C2CCNCC2)c(Cc2cccc3ccccc23)n1. The fraction of sp³-hybridized carbons (Fsp3) is 0.316. The molecule has 0 aliphatic carbocycles. The normalized spacial score (nSPS) is 16.0. The topological polar surface area (TPSA) is 50.1 Å². The van der Waals surface area contributed by atoms with Crippen molar-refractivity contribution >= 4 is 10.8 Å². The zero-order valence-electron chi connectivity index (χ0n) is 13.1. The van der Waals surface area contributed by atoms with Crippen LogP contribution in [0, 0.1) is 0 Å². The Morgan fingerprint density at radius 2 is 1.87 bits per heavy atom. The quantitative estimate of drug-likeness (QED) is 0.730. The lowest BCUT2D eigenvalue weighted by Crippen LogP contribution is -2.26. The number of nitrogens with one attached hydrogen (secondary N) is 1. The molecule has 3 aromatic rings. The third-order valence-electron chi connectivity index (χ3n) is 4.83. The molecular formula is C19H21N3O. The van der Waals surface area contributed by atoms with Crippen LogP contribution in [0.3, 0.4) is 0 Å². The first-order valence-electron chi connectivity index (χ1n) is 8.26. The fourth-order valence-electron chi connectivity index (χ4n) is 3.65. The van der Waals surface area contributed by atoms with Crippen LogP contribution >= 0.6 is 0 Å². The Balaban J connectivity index is 1.70. The summed E-state index contributed by atoms with van der Waals surface area (Å²) in [5.74, 6) is 0.488. The molecule has 1 saturated heterocycles. The fourth-order valence-corrected chi connectivity index (χ4v) is 3.65. The van der Waals surface area contributed by atoms with Gasteiger partial charge in [-0.25, -0.2) is 0 Å². The summed E-state index contributed by atoms with van der Waals surface area (Å²) in [6, 6.07) is 14.8. The van der Waals surface area contributed by atoms with Gasteiger partial charge in [-0.2, -0.15) is 0 Å². The van der Waals surface area contributed by atoms with E-state index in [0.29, 0.717) is 5.92 Å². The maximum Gasteiger partial charge on any atom is 0.0739 e. The van der Waals surface area contributed by atoms with Crippen molar-refractivity contribution in [2.24, 2.45) is 0 Å². The van der Waals surface area contributed by atoms with Gasteiger partial charge >= 0.3 is 0 Å². The summed E-state index contributed by atoms with van der Waals surface area (Å²) in [7, 11) is 0. The highest BCUT2D eigenvalue weighted by atomic mass is 16.5. The molecule has 2 aromatic carbocycles. The van der Waals surface area contributed by atoms with Crippen molar-refractivity contribution in [3.63, 3.8) is 0 Å². The predicted octanol–water partition coefficient (Wildman–Crippen LogP) is 3.33. The highest BCUT2D eigenvalue weighted by Gasteiger charge is 2.21. The molecule has 4 rings (SSSR count). The maximum absolute atomic E-state index is 9.85. The van der Waals surface area contributed by atoms with Crippen molar-refractivity contribution in [1.82, 2.24) is 15.3 Å². The molecule has 0 spiro atoms. The summed E-state index contributed by atoms with van der Waals surface area (Å²) in [6.45, 7) is 2.07. The van der Waals surface area contributed by atoms with E-state index in [9.17, 15) is 5.21 Å². The molecule has 0 radical (unpaired) electrons. The van der Waals surface area contributed by atoms with Gasteiger partial charge in [0.15, 0.2) is 0 Å². The van der Waals surface area contributed by atoms with Crippen molar-refractivity contribution in [3.8, 4) is 0 Å². The van der Waals surface area contributed by atoms with Gasteiger partial charge in [0.2, 0.25) is 0 Å². The number of rotatable bonds is 3. The van der Waals surface area contributed by atoms with E-state index >= 15 is 0 Å². The lowest BCUT2D eigenvalue weighted by Gasteiger charge is -2.22. The van der Waals surface area contributed by atoms with Gasteiger partial charge < -0.3 is 10.5 Å². The second kappa shape index (κ2) is 6.05. The van der Waals surface area contributed by atoms with Gasteiger partial charge in [0, 0.05) is 12.0 Å². The van der Waals surface area contributed by atoms with E-state index in [1.165, 1.54) is 21.9 Å². The molecule has 0 unspecified atom stereocenters. The zero-order chi connectivity index (χ0) is 15.6. The number of nitrogens with zero attached hydrogens (tertiary/aromatic N) is 2. The second-order valence-corrected chi connectivity index (χ2v) is 6.29. The number of hydrogen-bond donors (Lipinski definition) is 2.